The fourth-order valence-electron chi connectivity index (χ4n) is 1.44. The van der Waals surface area contributed by atoms with Crippen molar-refractivity contribution in [3.63, 3.8) is 0 Å². The molecule has 6 heteroatoms. The molecule has 1 unspecified atom stereocenters. The zero-order valence-electron chi connectivity index (χ0n) is 10.5. The van der Waals surface area contributed by atoms with Crippen LogP contribution in [0.25, 0.3) is 0 Å². The van der Waals surface area contributed by atoms with E-state index in [0.29, 0.717) is 6.54 Å². The second-order valence-corrected chi connectivity index (χ2v) is 4.13. The fraction of sp³-hybridized carbons (Fsp3) is 0.417. The first-order valence-electron chi connectivity index (χ1n) is 5.62. The Morgan fingerprint density at radius 1 is 1.50 bits per heavy atom. The van der Waals surface area contributed by atoms with Gasteiger partial charge in [-0.2, -0.15) is 0 Å². The van der Waals surface area contributed by atoms with Crippen LogP contribution in [0, 0.1) is 0 Å². The Morgan fingerprint density at radius 2 is 2.22 bits per heavy atom. The Bertz CT molecular complexity index is 408. The van der Waals surface area contributed by atoms with Gasteiger partial charge >= 0.3 is 12.0 Å². The Hall–Kier alpha value is -2.11. The maximum atomic E-state index is 11.7. The summed E-state index contributed by atoms with van der Waals surface area (Å²) < 4.78 is 0. The highest BCUT2D eigenvalue weighted by atomic mass is 16.4. The molecule has 6 nitrogen and oxygen atoms in total. The smallest absolute Gasteiger partial charge is 0.317 e. The van der Waals surface area contributed by atoms with E-state index in [0.717, 1.165) is 5.69 Å². The minimum atomic E-state index is -0.935. The van der Waals surface area contributed by atoms with Crippen molar-refractivity contribution in [2.24, 2.45) is 0 Å². The number of carbonyl (C=O) groups is 2. The summed E-state index contributed by atoms with van der Waals surface area (Å²) in [5.41, 5.74) is 0.779. The third-order valence-corrected chi connectivity index (χ3v) is 2.32. The molecule has 0 radical (unpaired) electrons. The van der Waals surface area contributed by atoms with E-state index >= 15 is 0 Å². The van der Waals surface area contributed by atoms with Crippen molar-refractivity contribution < 1.29 is 14.7 Å². The van der Waals surface area contributed by atoms with E-state index < -0.39 is 12.0 Å². The van der Waals surface area contributed by atoms with Gasteiger partial charge in [0.25, 0.3) is 0 Å². The molecule has 98 valence electrons. The zero-order chi connectivity index (χ0) is 13.5. The summed E-state index contributed by atoms with van der Waals surface area (Å²) in [6.45, 7) is 2.03. The van der Waals surface area contributed by atoms with Crippen molar-refractivity contribution in [2.45, 2.75) is 25.9 Å². The Kier molecular flexibility index (Phi) is 5.10. The second kappa shape index (κ2) is 6.58. The molecule has 0 aliphatic rings. The zero-order valence-corrected chi connectivity index (χ0v) is 10.5. The molecular formula is C12H17N3O3. The molecular weight excluding hydrogens is 234 g/mol. The first-order valence-corrected chi connectivity index (χ1v) is 5.62. The van der Waals surface area contributed by atoms with Gasteiger partial charge in [-0.3, -0.25) is 9.78 Å². The van der Waals surface area contributed by atoms with Gasteiger partial charge in [0.2, 0.25) is 0 Å². The van der Waals surface area contributed by atoms with Crippen molar-refractivity contribution in [2.75, 3.05) is 7.05 Å². The van der Waals surface area contributed by atoms with Crippen LogP contribution in [-0.2, 0) is 11.3 Å². The maximum absolute atomic E-state index is 11.7. The van der Waals surface area contributed by atoms with Gasteiger partial charge in [0.1, 0.15) is 0 Å². The van der Waals surface area contributed by atoms with Crippen molar-refractivity contribution in [1.82, 2.24) is 15.2 Å². The van der Waals surface area contributed by atoms with Crippen LogP contribution in [0.4, 0.5) is 4.79 Å². The number of hydrogen-bond donors (Lipinski definition) is 2. The lowest BCUT2D eigenvalue weighted by Crippen LogP contribution is -2.42. The number of carboxylic acid groups (broad SMARTS) is 1. The van der Waals surface area contributed by atoms with E-state index in [1.165, 1.54) is 4.90 Å². The minimum absolute atomic E-state index is 0.0941. The Morgan fingerprint density at radius 3 is 2.78 bits per heavy atom. The van der Waals surface area contributed by atoms with Gasteiger partial charge in [0.05, 0.1) is 18.7 Å². The average molecular weight is 251 g/mol. The van der Waals surface area contributed by atoms with E-state index in [1.807, 2.05) is 12.1 Å². The van der Waals surface area contributed by atoms with E-state index in [-0.39, 0.29) is 12.5 Å². The van der Waals surface area contributed by atoms with Gasteiger partial charge in [-0.15, -0.1) is 0 Å². The molecule has 1 heterocycles. The summed E-state index contributed by atoms with van der Waals surface area (Å²) in [7, 11) is 1.64. The van der Waals surface area contributed by atoms with Gasteiger partial charge < -0.3 is 15.3 Å². The van der Waals surface area contributed by atoms with E-state index in [9.17, 15) is 9.59 Å². The van der Waals surface area contributed by atoms with Crippen LogP contribution in [0.2, 0.25) is 0 Å². The van der Waals surface area contributed by atoms with Crippen LogP contribution in [0.5, 0.6) is 0 Å². The third kappa shape index (κ3) is 4.82. The molecule has 1 atom stereocenters. The van der Waals surface area contributed by atoms with Crippen LogP contribution in [0.15, 0.2) is 24.4 Å². The third-order valence-electron chi connectivity index (χ3n) is 2.32. The van der Waals surface area contributed by atoms with Crippen molar-refractivity contribution in [3.05, 3.63) is 30.1 Å². The van der Waals surface area contributed by atoms with Crippen LogP contribution in [0.3, 0.4) is 0 Å². The largest absolute Gasteiger partial charge is 0.481 e. The molecule has 0 fully saturated rings. The number of aliphatic carboxylic acids is 1. The molecule has 0 aromatic carbocycles. The molecule has 18 heavy (non-hydrogen) atoms. The molecule has 1 aromatic heterocycles. The number of urea groups is 1. The monoisotopic (exact) mass is 251 g/mol. The molecule has 0 spiro atoms. The fourth-order valence-corrected chi connectivity index (χ4v) is 1.44. The highest BCUT2D eigenvalue weighted by molar-refractivity contribution is 5.75. The lowest BCUT2D eigenvalue weighted by atomic mass is 10.2. The number of aromatic nitrogens is 1. The number of pyridine rings is 1. The molecule has 0 aliphatic carbocycles. The predicted molar refractivity (Wildman–Crippen MR) is 66.0 cm³/mol. The molecule has 0 saturated heterocycles. The van der Waals surface area contributed by atoms with Crippen molar-refractivity contribution >= 4 is 12.0 Å². The summed E-state index contributed by atoms with van der Waals surface area (Å²) in [4.78, 5) is 27.8. The normalized spacial score (nSPS) is 11.7. The SMILES string of the molecule is CC(CC(=O)O)NC(=O)N(C)Cc1ccccn1. The quantitative estimate of drug-likeness (QED) is 0.820. The number of carboxylic acids is 1. The van der Waals surface area contributed by atoms with Crippen LogP contribution < -0.4 is 5.32 Å². The molecule has 1 aromatic rings. The number of nitrogens with one attached hydrogen (secondary N) is 1. The van der Waals surface area contributed by atoms with E-state index in [4.69, 9.17) is 5.11 Å². The van der Waals surface area contributed by atoms with Gasteiger partial charge in [0.15, 0.2) is 0 Å². The van der Waals surface area contributed by atoms with Crippen LogP contribution in [0.1, 0.15) is 19.0 Å². The summed E-state index contributed by atoms with van der Waals surface area (Å²) in [5.74, 6) is -0.935. The van der Waals surface area contributed by atoms with Gasteiger partial charge in [-0.25, -0.2) is 4.79 Å². The molecule has 1 rings (SSSR count). The number of nitrogens with zero attached hydrogens (tertiary/aromatic N) is 2. The summed E-state index contributed by atoms with van der Waals surface area (Å²) in [5, 5.41) is 11.2. The lowest BCUT2D eigenvalue weighted by molar-refractivity contribution is -0.137. The first kappa shape index (κ1) is 14.0. The summed E-state index contributed by atoms with van der Waals surface area (Å²) in [6, 6.07) is 4.76. The summed E-state index contributed by atoms with van der Waals surface area (Å²) in [6.07, 6.45) is 1.57. The van der Waals surface area contributed by atoms with Gasteiger partial charge in [-0.1, -0.05) is 6.07 Å². The molecule has 0 aliphatic heterocycles. The van der Waals surface area contributed by atoms with Crippen LogP contribution >= 0.6 is 0 Å². The minimum Gasteiger partial charge on any atom is -0.481 e. The highest BCUT2D eigenvalue weighted by Crippen LogP contribution is 2.00. The number of hydrogen-bond acceptors (Lipinski definition) is 3. The Labute approximate surface area is 106 Å². The second-order valence-electron chi connectivity index (χ2n) is 4.13. The number of rotatable bonds is 5. The average Bonchev–Trinajstić information content (AvgIpc) is 2.28. The molecule has 0 saturated carbocycles. The maximum Gasteiger partial charge on any atom is 0.317 e. The molecule has 0 bridgehead atoms. The van der Waals surface area contributed by atoms with E-state index in [2.05, 4.69) is 10.3 Å². The van der Waals surface area contributed by atoms with Crippen molar-refractivity contribution in [1.29, 1.82) is 0 Å². The molecule has 2 amide bonds. The highest BCUT2D eigenvalue weighted by Gasteiger charge is 2.14. The summed E-state index contributed by atoms with van der Waals surface area (Å²) >= 11 is 0. The van der Waals surface area contributed by atoms with E-state index in [1.54, 1.807) is 26.2 Å². The van der Waals surface area contributed by atoms with Gasteiger partial charge in [0, 0.05) is 19.3 Å². The van der Waals surface area contributed by atoms with Crippen LogP contribution in [-0.4, -0.2) is 40.1 Å². The standard InChI is InChI=1S/C12H17N3O3/c1-9(7-11(16)17)14-12(18)15(2)8-10-5-3-4-6-13-10/h3-6,9H,7-8H2,1-2H3,(H,14,18)(H,16,17). The first-order chi connectivity index (χ1) is 8.49. The predicted octanol–water partition coefficient (Wildman–Crippen LogP) is 1.09. The van der Waals surface area contributed by atoms with Crippen molar-refractivity contribution in [3.8, 4) is 0 Å². The number of amides is 2. The lowest BCUT2D eigenvalue weighted by Gasteiger charge is -2.20. The Balaban J connectivity index is 2.44. The topological polar surface area (TPSA) is 82.5 Å². The number of carbonyl (C=O) groups excluding carboxylic acids is 1. The van der Waals surface area contributed by atoms with Gasteiger partial charge in [-0.05, 0) is 19.1 Å². The molecule has 2 N–H and O–H groups in total.